The summed E-state index contributed by atoms with van der Waals surface area (Å²) in [5, 5.41) is 2.93. The van der Waals surface area contributed by atoms with E-state index in [1.165, 1.54) is 0 Å². The van der Waals surface area contributed by atoms with E-state index in [1.54, 1.807) is 12.4 Å². The second kappa shape index (κ2) is 9.55. The van der Waals surface area contributed by atoms with Gasteiger partial charge in [-0.2, -0.15) is 0 Å². The van der Waals surface area contributed by atoms with Gasteiger partial charge in [-0.05, 0) is 36.8 Å². The van der Waals surface area contributed by atoms with Crippen molar-refractivity contribution in [3.63, 3.8) is 0 Å². The maximum atomic E-state index is 12.8. The van der Waals surface area contributed by atoms with E-state index in [0.29, 0.717) is 22.7 Å². The quantitative estimate of drug-likeness (QED) is 0.576. The molecule has 0 spiro atoms. The fourth-order valence-electron chi connectivity index (χ4n) is 2.75. The van der Waals surface area contributed by atoms with Crippen molar-refractivity contribution in [1.82, 2.24) is 4.98 Å². The maximum absolute atomic E-state index is 12.8. The molecule has 0 saturated heterocycles. The summed E-state index contributed by atoms with van der Waals surface area (Å²) < 4.78 is 5.91. The first-order chi connectivity index (χ1) is 13.7. The number of amides is 1. The molecule has 1 aromatic heterocycles. The number of nitrogens with one attached hydrogen (secondary N) is 1. The number of pyridine rings is 1. The number of hydrogen-bond donors (Lipinski definition) is 1. The average molecular weight is 375 g/mol. The normalized spacial score (nSPS) is 10.4. The van der Waals surface area contributed by atoms with Gasteiger partial charge in [-0.15, -0.1) is 0 Å². The van der Waals surface area contributed by atoms with Gasteiger partial charge < -0.3 is 15.0 Å². The molecular formula is C23H25N3O2. The third kappa shape index (κ3) is 5.10. The molecule has 0 aliphatic carbocycles. The summed E-state index contributed by atoms with van der Waals surface area (Å²) in [6, 6.07) is 18.7. The van der Waals surface area contributed by atoms with Crippen LogP contribution in [0.15, 0.2) is 73.1 Å². The molecule has 0 atom stereocenters. The summed E-state index contributed by atoms with van der Waals surface area (Å²) in [6.07, 6.45) is 5.57. The zero-order valence-electron chi connectivity index (χ0n) is 16.3. The first kappa shape index (κ1) is 19.4. The Labute approximate surface area is 166 Å². The van der Waals surface area contributed by atoms with Crippen molar-refractivity contribution < 1.29 is 9.53 Å². The van der Waals surface area contributed by atoms with E-state index in [0.717, 1.165) is 25.1 Å². The molecule has 0 bridgehead atoms. The van der Waals surface area contributed by atoms with Gasteiger partial charge in [-0.1, -0.05) is 43.7 Å². The van der Waals surface area contributed by atoms with Crippen molar-refractivity contribution >= 4 is 17.3 Å². The Hall–Kier alpha value is -3.34. The summed E-state index contributed by atoms with van der Waals surface area (Å²) in [4.78, 5) is 19.1. The summed E-state index contributed by atoms with van der Waals surface area (Å²) >= 11 is 0. The number of aromatic nitrogens is 1. The van der Waals surface area contributed by atoms with Gasteiger partial charge in [0.15, 0.2) is 5.75 Å². The Morgan fingerprint density at radius 3 is 2.61 bits per heavy atom. The molecule has 0 radical (unpaired) electrons. The van der Waals surface area contributed by atoms with Crippen molar-refractivity contribution in [2.75, 3.05) is 23.8 Å². The van der Waals surface area contributed by atoms with Crippen molar-refractivity contribution in [1.29, 1.82) is 0 Å². The highest BCUT2D eigenvalue weighted by Gasteiger charge is 2.12. The number of nitrogens with zero attached hydrogens (tertiary/aromatic N) is 2. The summed E-state index contributed by atoms with van der Waals surface area (Å²) in [5.74, 6) is 1.08. The largest absolute Gasteiger partial charge is 0.455 e. The van der Waals surface area contributed by atoms with E-state index in [4.69, 9.17) is 4.74 Å². The lowest BCUT2D eigenvalue weighted by Gasteiger charge is -2.19. The fourth-order valence-corrected chi connectivity index (χ4v) is 2.75. The minimum absolute atomic E-state index is 0.220. The number of benzene rings is 2. The zero-order chi connectivity index (χ0) is 19.8. The first-order valence-electron chi connectivity index (χ1n) is 9.47. The Bertz CT molecular complexity index is 912. The molecule has 5 nitrogen and oxygen atoms in total. The van der Waals surface area contributed by atoms with Crippen LogP contribution in [0, 0.1) is 0 Å². The van der Waals surface area contributed by atoms with E-state index >= 15 is 0 Å². The molecule has 0 fully saturated rings. The van der Waals surface area contributed by atoms with Gasteiger partial charge in [-0.3, -0.25) is 9.78 Å². The predicted molar refractivity (Wildman–Crippen MR) is 113 cm³/mol. The lowest BCUT2D eigenvalue weighted by molar-refractivity contribution is 0.102. The average Bonchev–Trinajstić information content (AvgIpc) is 2.74. The van der Waals surface area contributed by atoms with Crippen LogP contribution in [-0.2, 0) is 0 Å². The molecule has 3 rings (SSSR count). The molecule has 5 heteroatoms. The van der Waals surface area contributed by atoms with Gasteiger partial charge in [-0.25, -0.2) is 0 Å². The second-order valence-electron chi connectivity index (χ2n) is 6.57. The first-order valence-corrected chi connectivity index (χ1v) is 9.47. The summed E-state index contributed by atoms with van der Waals surface area (Å²) in [6.45, 7) is 3.09. The molecule has 3 aromatic rings. The van der Waals surface area contributed by atoms with Crippen molar-refractivity contribution in [2.45, 2.75) is 19.8 Å². The number of anilines is 2. The van der Waals surface area contributed by atoms with Gasteiger partial charge in [0.1, 0.15) is 5.75 Å². The number of rotatable bonds is 8. The summed E-state index contributed by atoms with van der Waals surface area (Å²) in [7, 11) is 2.01. The molecule has 1 N–H and O–H groups in total. The Balaban J connectivity index is 1.75. The molecule has 0 aliphatic rings. The Morgan fingerprint density at radius 1 is 1.07 bits per heavy atom. The monoisotopic (exact) mass is 375 g/mol. The van der Waals surface area contributed by atoms with E-state index in [-0.39, 0.29) is 5.91 Å². The third-order valence-electron chi connectivity index (χ3n) is 4.38. The SMILES string of the molecule is CCCCN(C)c1cncc(C(=O)Nc2ccccc2Oc2ccccc2)c1. The third-order valence-corrected chi connectivity index (χ3v) is 4.38. The lowest BCUT2D eigenvalue weighted by Crippen LogP contribution is -2.20. The minimum atomic E-state index is -0.220. The maximum Gasteiger partial charge on any atom is 0.257 e. The molecule has 144 valence electrons. The number of para-hydroxylation sites is 3. The van der Waals surface area contributed by atoms with Crippen LogP contribution in [0.3, 0.4) is 0 Å². The standard InChI is InChI=1S/C23H25N3O2/c1-3-4-14-26(2)19-15-18(16-24-17-19)23(27)25-21-12-8-9-13-22(21)28-20-10-6-5-7-11-20/h5-13,15-17H,3-4,14H2,1-2H3,(H,25,27). The summed E-state index contributed by atoms with van der Waals surface area (Å²) in [5.41, 5.74) is 2.05. The highest BCUT2D eigenvalue weighted by atomic mass is 16.5. The predicted octanol–water partition coefficient (Wildman–Crippen LogP) is 5.36. The Morgan fingerprint density at radius 2 is 1.82 bits per heavy atom. The topological polar surface area (TPSA) is 54.5 Å². The van der Waals surface area contributed by atoms with Gasteiger partial charge >= 0.3 is 0 Å². The van der Waals surface area contributed by atoms with Crippen LogP contribution in [0.4, 0.5) is 11.4 Å². The fraction of sp³-hybridized carbons (Fsp3) is 0.217. The van der Waals surface area contributed by atoms with E-state index in [2.05, 4.69) is 22.1 Å². The van der Waals surface area contributed by atoms with Gasteiger partial charge in [0.05, 0.1) is 23.1 Å². The molecule has 1 amide bonds. The van der Waals surface area contributed by atoms with Crippen LogP contribution in [0.5, 0.6) is 11.5 Å². The molecule has 0 saturated carbocycles. The number of carbonyl (C=O) groups is 1. The Kier molecular flexibility index (Phi) is 6.63. The minimum Gasteiger partial charge on any atom is -0.455 e. The van der Waals surface area contributed by atoms with Crippen LogP contribution < -0.4 is 15.0 Å². The number of ether oxygens (including phenoxy) is 1. The lowest BCUT2D eigenvalue weighted by atomic mass is 10.2. The second-order valence-corrected chi connectivity index (χ2v) is 6.57. The zero-order valence-corrected chi connectivity index (χ0v) is 16.3. The van der Waals surface area contributed by atoms with Crippen LogP contribution in [0.2, 0.25) is 0 Å². The molecule has 1 heterocycles. The van der Waals surface area contributed by atoms with E-state index in [9.17, 15) is 4.79 Å². The van der Waals surface area contributed by atoms with Crippen molar-refractivity contribution in [3.05, 3.63) is 78.6 Å². The van der Waals surface area contributed by atoms with Crippen molar-refractivity contribution in [2.24, 2.45) is 0 Å². The van der Waals surface area contributed by atoms with E-state index in [1.807, 2.05) is 67.7 Å². The van der Waals surface area contributed by atoms with Crippen LogP contribution in [0.1, 0.15) is 30.1 Å². The number of hydrogen-bond acceptors (Lipinski definition) is 4. The van der Waals surface area contributed by atoms with Crippen LogP contribution in [-0.4, -0.2) is 24.5 Å². The van der Waals surface area contributed by atoms with Crippen molar-refractivity contribution in [3.8, 4) is 11.5 Å². The number of carbonyl (C=O) groups excluding carboxylic acids is 1. The van der Waals surface area contributed by atoms with Crippen LogP contribution in [0.25, 0.3) is 0 Å². The van der Waals surface area contributed by atoms with E-state index < -0.39 is 0 Å². The molecule has 28 heavy (non-hydrogen) atoms. The highest BCUT2D eigenvalue weighted by Crippen LogP contribution is 2.29. The molecule has 2 aromatic carbocycles. The van der Waals surface area contributed by atoms with Gasteiger partial charge in [0, 0.05) is 19.8 Å². The highest BCUT2D eigenvalue weighted by molar-refractivity contribution is 6.05. The molecule has 0 unspecified atom stereocenters. The molecular weight excluding hydrogens is 350 g/mol. The van der Waals surface area contributed by atoms with Gasteiger partial charge in [0.25, 0.3) is 5.91 Å². The molecule has 0 aliphatic heterocycles. The van der Waals surface area contributed by atoms with Gasteiger partial charge in [0.2, 0.25) is 0 Å². The smallest absolute Gasteiger partial charge is 0.257 e. The van der Waals surface area contributed by atoms with Crippen LogP contribution >= 0.6 is 0 Å². The number of unbranched alkanes of at least 4 members (excludes halogenated alkanes) is 1.